The Balaban J connectivity index is 1.37. The maximum absolute atomic E-state index is 12.7. The van der Waals surface area contributed by atoms with Crippen molar-refractivity contribution in [3.8, 4) is 5.69 Å². The first-order chi connectivity index (χ1) is 15.5. The van der Waals surface area contributed by atoms with Crippen LogP contribution in [0.5, 0.6) is 0 Å². The summed E-state index contributed by atoms with van der Waals surface area (Å²) in [5.41, 5.74) is 8.23. The van der Waals surface area contributed by atoms with E-state index in [4.69, 9.17) is 4.42 Å². The van der Waals surface area contributed by atoms with Gasteiger partial charge in [-0.1, -0.05) is 29.5 Å². The summed E-state index contributed by atoms with van der Waals surface area (Å²) >= 11 is 0. The first kappa shape index (κ1) is 19.4. The molecule has 158 valence electrons. The van der Waals surface area contributed by atoms with Gasteiger partial charge in [0.2, 0.25) is 0 Å². The van der Waals surface area contributed by atoms with E-state index < -0.39 is 11.8 Å². The molecule has 0 fully saturated rings. The third kappa shape index (κ3) is 3.16. The summed E-state index contributed by atoms with van der Waals surface area (Å²) in [5.74, 6) is -1.01. The molecule has 32 heavy (non-hydrogen) atoms. The topological polar surface area (TPSA) is 115 Å². The number of nitrogens with one attached hydrogen (secondary N) is 2. The van der Waals surface area contributed by atoms with E-state index in [2.05, 4.69) is 26.1 Å². The predicted octanol–water partition coefficient (Wildman–Crippen LogP) is 3.25. The molecule has 2 amide bonds. The van der Waals surface area contributed by atoms with E-state index in [1.54, 1.807) is 30.8 Å². The molecule has 3 aromatic heterocycles. The average Bonchev–Trinajstić information content (AvgIpc) is 3.37. The third-order valence-electron chi connectivity index (χ3n) is 5.30. The van der Waals surface area contributed by atoms with Gasteiger partial charge >= 0.3 is 5.91 Å². The van der Waals surface area contributed by atoms with E-state index in [9.17, 15) is 9.59 Å². The fourth-order valence-corrected chi connectivity index (χ4v) is 3.66. The van der Waals surface area contributed by atoms with Gasteiger partial charge in [-0.2, -0.15) is 0 Å². The van der Waals surface area contributed by atoms with Crippen molar-refractivity contribution < 1.29 is 14.0 Å². The molecule has 9 heteroatoms. The van der Waals surface area contributed by atoms with E-state index in [0.29, 0.717) is 16.8 Å². The van der Waals surface area contributed by atoms with Crippen molar-refractivity contribution in [1.82, 2.24) is 30.8 Å². The van der Waals surface area contributed by atoms with E-state index in [-0.39, 0.29) is 11.5 Å². The van der Waals surface area contributed by atoms with Crippen molar-refractivity contribution >= 4 is 33.7 Å². The summed E-state index contributed by atoms with van der Waals surface area (Å²) in [5, 5.41) is 9.86. The lowest BCUT2D eigenvalue weighted by Gasteiger charge is -2.08. The zero-order chi connectivity index (χ0) is 22.2. The second kappa shape index (κ2) is 7.62. The maximum Gasteiger partial charge on any atom is 0.305 e. The summed E-state index contributed by atoms with van der Waals surface area (Å²) in [7, 11) is 0. The van der Waals surface area contributed by atoms with Crippen LogP contribution in [0.3, 0.4) is 0 Å². The first-order valence-corrected chi connectivity index (χ1v) is 9.90. The minimum absolute atomic E-state index is 0.0903. The van der Waals surface area contributed by atoms with Gasteiger partial charge in [-0.05, 0) is 44.2 Å². The molecule has 5 rings (SSSR count). The number of aryl methyl sites for hydroxylation is 1. The monoisotopic (exact) mass is 426 g/mol. The highest BCUT2D eigenvalue weighted by molar-refractivity contribution is 6.01. The summed E-state index contributed by atoms with van der Waals surface area (Å²) in [6.45, 7) is 3.52. The van der Waals surface area contributed by atoms with Crippen LogP contribution in [0.4, 0.5) is 0 Å². The number of rotatable bonds is 3. The average molecular weight is 426 g/mol. The Morgan fingerprint density at radius 3 is 2.53 bits per heavy atom. The Morgan fingerprint density at radius 1 is 0.906 bits per heavy atom. The molecule has 0 aliphatic heterocycles. The van der Waals surface area contributed by atoms with Crippen molar-refractivity contribution in [2.75, 3.05) is 0 Å². The van der Waals surface area contributed by atoms with Crippen LogP contribution < -0.4 is 10.9 Å². The second-order valence-corrected chi connectivity index (χ2v) is 7.24. The molecule has 0 saturated carbocycles. The highest BCUT2D eigenvalue weighted by atomic mass is 16.3. The Hall–Kier alpha value is -4.53. The number of benzene rings is 2. The Bertz CT molecular complexity index is 1500. The number of fused-ring (bicyclic) bond motifs is 2. The van der Waals surface area contributed by atoms with E-state index in [1.165, 1.54) is 0 Å². The molecule has 0 bridgehead atoms. The summed E-state index contributed by atoms with van der Waals surface area (Å²) in [6.07, 6.45) is 1.71. The van der Waals surface area contributed by atoms with Crippen LogP contribution >= 0.6 is 0 Å². The number of amides is 2. The molecule has 2 N–H and O–H groups in total. The number of furan rings is 1. The normalized spacial score (nSPS) is 11.1. The van der Waals surface area contributed by atoms with Crippen molar-refractivity contribution in [3.63, 3.8) is 0 Å². The summed E-state index contributed by atoms with van der Waals surface area (Å²) in [6, 6.07) is 16.7. The minimum atomic E-state index is -0.589. The van der Waals surface area contributed by atoms with Gasteiger partial charge in [-0.15, -0.1) is 5.10 Å². The number of hydrogen-bond donors (Lipinski definition) is 2. The molecule has 9 nitrogen and oxygen atoms in total. The number of aromatic nitrogens is 4. The molecule has 2 aromatic carbocycles. The van der Waals surface area contributed by atoms with Crippen LogP contribution in [-0.2, 0) is 0 Å². The van der Waals surface area contributed by atoms with Gasteiger partial charge in [-0.25, -0.2) is 4.68 Å². The molecule has 0 unspecified atom stereocenters. The molecule has 3 heterocycles. The van der Waals surface area contributed by atoms with Crippen LogP contribution in [0, 0.1) is 13.8 Å². The lowest BCUT2D eigenvalue weighted by atomic mass is 10.1. The summed E-state index contributed by atoms with van der Waals surface area (Å²) in [4.78, 5) is 29.6. The van der Waals surface area contributed by atoms with Gasteiger partial charge in [0.15, 0.2) is 11.5 Å². The second-order valence-electron chi connectivity index (χ2n) is 7.24. The number of carbonyl (C=O) groups is 2. The number of hydrazine groups is 1. The van der Waals surface area contributed by atoms with Crippen LogP contribution in [0.2, 0.25) is 0 Å². The SMILES string of the molecule is Cc1c(C(=O)NNC(=O)c2nnn(-c3cccc4ncccc34)c2C)oc2ccccc12. The standard InChI is InChI=1S/C23H18N6O3/c1-13-15-7-3-4-11-19(15)32-21(13)23(31)27-26-22(30)20-14(2)29(28-25-20)18-10-5-9-17-16(18)8-6-12-24-17/h3-12H,1-2H3,(H,26,30)(H,27,31). The fraction of sp³-hybridized carbons (Fsp3) is 0.0870. The number of nitrogens with zero attached hydrogens (tertiary/aromatic N) is 4. The number of para-hydroxylation sites is 1. The molecule has 5 aromatic rings. The Morgan fingerprint density at radius 2 is 1.69 bits per heavy atom. The zero-order valence-electron chi connectivity index (χ0n) is 17.3. The van der Waals surface area contributed by atoms with E-state index in [0.717, 1.165) is 22.0 Å². The first-order valence-electron chi connectivity index (χ1n) is 9.90. The number of hydrogen-bond acceptors (Lipinski definition) is 6. The molecule has 0 aliphatic carbocycles. The fourth-order valence-electron chi connectivity index (χ4n) is 3.66. The lowest BCUT2D eigenvalue weighted by molar-refractivity contribution is 0.0828. The highest BCUT2D eigenvalue weighted by Crippen LogP contribution is 2.25. The van der Waals surface area contributed by atoms with Gasteiger partial charge in [0.1, 0.15) is 5.58 Å². The summed E-state index contributed by atoms with van der Waals surface area (Å²) < 4.78 is 7.20. The molecule has 0 saturated heterocycles. The van der Waals surface area contributed by atoms with Gasteiger partial charge < -0.3 is 4.42 Å². The molecule has 0 aliphatic rings. The van der Waals surface area contributed by atoms with Crippen LogP contribution in [-0.4, -0.2) is 31.8 Å². The van der Waals surface area contributed by atoms with Crippen molar-refractivity contribution in [1.29, 1.82) is 0 Å². The smallest absolute Gasteiger partial charge is 0.305 e. The third-order valence-corrected chi connectivity index (χ3v) is 5.30. The number of pyridine rings is 1. The van der Waals surface area contributed by atoms with Crippen molar-refractivity contribution in [2.24, 2.45) is 0 Å². The molecular weight excluding hydrogens is 408 g/mol. The van der Waals surface area contributed by atoms with E-state index >= 15 is 0 Å². The van der Waals surface area contributed by atoms with Gasteiger partial charge in [0.25, 0.3) is 5.91 Å². The minimum Gasteiger partial charge on any atom is -0.451 e. The van der Waals surface area contributed by atoms with Crippen LogP contribution in [0.1, 0.15) is 32.3 Å². The predicted molar refractivity (Wildman–Crippen MR) is 117 cm³/mol. The highest BCUT2D eigenvalue weighted by Gasteiger charge is 2.21. The molecule has 0 spiro atoms. The van der Waals surface area contributed by atoms with Crippen molar-refractivity contribution in [2.45, 2.75) is 13.8 Å². The Labute approximate surface area is 182 Å². The molecule has 0 radical (unpaired) electrons. The lowest BCUT2D eigenvalue weighted by Crippen LogP contribution is -2.42. The van der Waals surface area contributed by atoms with Crippen LogP contribution in [0.25, 0.3) is 27.6 Å². The number of carbonyl (C=O) groups excluding carboxylic acids is 2. The van der Waals surface area contributed by atoms with Gasteiger partial charge in [0.05, 0.1) is 16.9 Å². The van der Waals surface area contributed by atoms with Crippen LogP contribution in [0.15, 0.2) is 65.2 Å². The van der Waals surface area contributed by atoms with Gasteiger partial charge in [0, 0.05) is 22.5 Å². The maximum atomic E-state index is 12.7. The van der Waals surface area contributed by atoms with Crippen molar-refractivity contribution in [3.05, 3.63) is 83.5 Å². The molecular formula is C23H18N6O3. The van der Waals surface area contributed by atoms with E-state index in [1.807, 2.05) is 48.5 Å². The van der Waals surface area contributed by atoms with Gasteiger partial charge in [-0.3, -0.25) is 25.4 Å². The largest absolute Gasteiger partial charge is 0.451 e. The molecule has 0 atom stereocenters. The Kier molecular flexibility index (Phi) is 4.63. The zero-order valence-corrected chi connectivity index (χ0v) is 17.3. The quantitative estimate of drug-likeness (QED) is 0.428.